The fourth-order valence-electron chi connectivity index (χ4n) is 3.47. The van der Waals surface area contributed by atoms with E-state index in [0.29, 0.717) is 13.1 Å². The molecule has 0 aliphatic carbocycles. The average Bonchev–Trinajstić information content (AvgIpc) is 3.13. The van der Waals surface area contributed by atoms with E-state index in [4.69, 9.17) is 0 Å². The molecule has 0 spiro atoms. The van der Waals surface area contributed by atoms with E-state index in [0.717, 1.165) is 34.7 Å². The highest BCUT2D eigenvalue weighted by atomic mass is 32.1. The van der Waals surface area contributed by atoms with Crippen LogP contribution < -0.4 is 4.90 Å². The number of hydrogen-bond acceptors (Lipinski definition) is 5. The lowest BCUT2D eigenvalue weighted by molar-refractivity contribution is -0.121. The standard InChI is InChI=1S/C18H25N3O2S/c1-4-21(17-19-13-8-5-6-9-14(13)24-17)16(22)12-20-11-7-10-15(20)18(2,3)23/h5-6,8-9,15,23H,4,7,10-12H2,1-3H3. The predicted octanol–water partition coefficient (Wildman–Crippen LogP) is 2.88. The van der Waals surface area contributed by atoms with E-state index in [-0.39, 0.29) is 11.9 Å². The van der Waals surface area contributed by atoms with Crippen molar-refractivity contribution in [2.24, 2.45) is 0 Å². The van der Waals surface area contributed by atoms with Gasteiger partial charge in [-0.3, -0.25) is 14.6 Å². The van der Waals surface area contributed by atoms with Gasteiger partial charge in [0.15, 0.2) is 5.13 Å². The van der Waals surface area contributed by atoms with Crippen molar-refractivity contribution >= 4 is 32.6 Å². The van der Waals surface area contributed by atoms with Gasteiger partial charge in [0, 0.05) is 12.6 Å². The van der Waals surface area contributed by atoms with E-state index in [9.17, 15) is 9.90 Å². The molecular weight excluding hydrogens is 322 g/mol. The first-order valence-electron chi connectivity index (χ1n) is 8.52. The molecule has 0 saturated carbocycles. The average molecular weight is 347 g/mol. The molecule has 6 heteroatoms. The summed E-state index contributed by atoms with van der Waals surface area (Å²) in [6.45, 7) is 7.41. The minimum absolute atomic E-state index is 0.0375. The number of rotatable bonds is 5. The van der Waals surface area contributed by atoms with Gasteiger partial charge in [0.1, 0.15) is 0 Å². The van der Waals surface area contributed by atoms with Gasteiger partial charge in [-0.25, -0.2) is 4.98 Å². The van der Waals surface area contributed by atoms with Gasteiger partial charge in [0.2, 0.25) is 5.91 Å². The number of carbonyl (C=O) groups excluding carboxylic acids is 1. The van der Waals surface area contributed by atoms with Gasteiger partial charge < -0.3 is 5.11 Å². The van der Waals surface area contributed by atoms with Crippen molar-refractivity contribution in [3.8, 4) is 0 Å². The van der Waals surface area contributed by atoms with Crippen LogP contribution in [0.15, 0.2) is 24.3 Å². The first-order chi connectivity index (χ1) is 11.4. The van der Waals surface area contributed by atoms with Crippen LogP contribution in [0.5, 0.6) is 0 Å². The van der Waals surface area contributed by atoms with Crippen LogP contribution in [-0.4, -0.2) is 52.2 Å². The molecule has 24 heavy (non-hydrogen) atoms. The Kier molecular flexibility index (Phi) is 4.90. The maximum absolute atomic E-state index is 12.8. The van der Waals surface area contributed by atoms with Crippen LogP contribution in [0.1, 0.15) is 33.6 Å². The maximum Gasteiger partial charge on any atom is 0.242 e. The zero-order valence-corrected chi connectivity index (χ0v) is 15.3. The van der Waals surface area contributed by atoms with Crippen LogP contribution in [0.3, 0.4) is 0 Å². The Bertz CT molecular complexity index is 689. The van der Waals surface area contributed by atoms with Crippen LogP contribution >= 0.6 is 11.3 Å². The first kappa shape index (κ1) is 17.3. The third-order valence-electron chi connectivity index (χ3n) is 4.65. The minimum Gasteiger partial charge on any atom is -0.389 e. The van der Waals surface area contributed by atoms with E-state index in [1.807, 2.05) is 45.0 Å². The lowest BCUT2D eigenvalue weighted by Crippen LogP contribution is -2.49. The van der Waals surface area contributed by atoms with Gasteiger partial charge in [-0.15, -0.1) is 0 Å². The monoisotopic (exact) mass is 347 g/mol. The summed E-state index contributed by atoms with van der Waals surface area (Å²) in [6.07, 6.45) is 1.96. The normalized spacial score (nSPS) is 19.1. The van der Waals surface area contributed by atoms with Gasteiger partial charge in [-0.2, -0.15) is 0 Å². The molecule has 130 valence electrons. The molecule has 1 N–H and O–H groups in total. The number of amides is 1. The number of aliphatic hydroxyl groups is 1. The van der Waals surface area contributed by atoms with E-state index in [1.165, 1.54) is 0 Å². The molecule has 0 radical (unpaired) electrons. The lowest BCUT2D eigenvalue weighted by atomic mass is 9.97. The van der Waals surface area contributed by atoms with Crippen LogP contribution in [-0.2, 0) is 4.79 Å². The lowest BCUT2D eigenvalue weighted by Gasteiger charge is -2.34. The second-order valence-electron chi connectivity index (χ2n) is 6.88. The topological polar surface area (TPSA) is 56.7 Å². The second-order valence-corrected chi connectivity index (χ2v) is 7.89. The Labute approximate surface area is 146 Å². The molecule has 0 bridgehead atoms. The summed E-state index contributed by atoms with van der Waals surface area (Å²) < 4.78 is 1.09. The Morgan fingerprint density at radius 1 is 1.46 bits per heavy atom. The number of anilines is 1. The molecule has 2 aromatic rings. The van der Waals surface area contributed by atoms with Gasteiger partial charge in [0.05, 0.1) is 22.4 Å². The Hall–Kier alpha value is -1.50. The van der Waals surface area contributed by atoms with Crippen molar-refractivity contribution in [3.63, 3.8) is 0 Å². The summed E-state index contributed by atoms with van der Waals surface area (Å²) in [5.41, 5.74) is 0.142. The van der Waals surface area contributed by atoms with Crippen LogP contribution in [0.2, 0.25) is 0 Å². The molecule has 1 aliphatic rings. The molecule has 1 aromatic heterocycles. The SMILES string of the molecule is CCN(C(=O)CN1CCCC1C(C)(C)O)c1nc2ccccc2s1. The van der Waals surface area contributed by atoms with Gasteiger partial charge in [-0.05, 0) is 52.3 Å². The highest BCUT2D eigenvalue weighted by Crippen LogP contribution is 2.30. The molecule has 1 saturated heterocycles. The van der Waals surface area contributed by atoms with Crippen molar-refractivity contribution in [1.29, 1.82) is 0 Å². The molecule has 1 unspecified atom stereocenters. The van der Waals surface area contributed by atoms with Crippen molar-refractivity contribution in [1.82, 2.24) is 9.88 Å². The number of thiazole rings is 1. The highest BCUT2D eigenvalue weighted by molar-refractivity contribution is 7.22. The minimum atomic E-state index is -0.788. The molecule has 1 atom stereocenters. The number of fused-ring (bicyclic) bond motifs is 1. The summed E-state index contributed by atoms with van der Waals surface area (Å²) >= 11 is 1.55. The zero-order valence-electron chi connectivity index (χ0n) is 14.5. The predicted molar refractivity (Wildman–Crippen MR) is 98.5 cm³/mol. The number of carbonyl (C=O) groups is 1. The number of nitrogens with zero attached hydrogens (tertiary/aromatic N) is 3. The summed E-state index contributed by atoms with van der Waals surface area (Å²) in [7, 11) is 0. The number of likely N-dealkylation sites (tertiary alicyclic amines) is 1. The summed E-state index contributed by atoms with van der Waals surface area (Å²) in [5, 5.41) is 11.1. The van der Waals surface area contributed by atoms with Crippen molar-refractivity contribution in [2.75, 3.05) is 24.5 Å². The number of likely N-dealkylation sites (N-methyl/N-ethyl adjacent to an activating group) is 1. The molecule has 1 aromatic carbocycles. The van der Waals surface area contributed by atoms with Crippen molar-refractivity contribution in [2.45, 2.75) is 45.3 Å². The fourth-order valence-corrected chi connectivity index (χ4v) is 4.51. The van der Waals surface area contributed by atoms with Crippen LogP contribution in [0.4, 0.5) is 5.13 Å². The first-order valence-corrected chi connectivity index (χ1v) is 9.34. The quantitative estimate of drug-likeness (QED) is 0.903. The number of benzene rings is 1. The molecule has 3 rings (SSSR count). The fraction of sp³-hybridized carbons (Fsp3) is 0.556. The number of hydrogen-bond donors (Lipinski definition) is 1. The maximum atomic E-state index is 12.8. The summed E-state index contributed by atoms with van der Waals surface area (Å²) in [4.78, 5) is 21.3. The number of aromatic nitrogens is 1. The van der Waals surface area contributed by atoms with Gasteiger partial charge >= 0.3 is 0 Å². The molecule has 1 aliphatic heterocycles. The Morgan fingerprint density at radius 2 is 2.21 bits per heavy atom. The van der Waals surface area contributed by atoms with Gasteiger partial charge in [-0.1, -0.05) is 23.5 Å². The third kappa shape index (κ3) is 3.45. The Balaban J connectivity index is 1.77. The van der Waals surface area contributed by atoms with Crippen molar-refractivity contribution < 1.29 is 9.90 Å². The van der Waals surface area contributed by atoms with E-state index >= 15 is 0 Å². The number of para-hydroxylation sites is 1. The second kappa shape index (κ2) is 6.78. The third-order valence-corrected chi connectivity index (χ3v) is 5.71. The highest BCUT2D eigenvalue weighted by Gasteiger charge is 2.37. The largest absolute Gasteiger partial charge is 0.389 e. The summed E-state index contributed by atoms with van der Waals surface area (Å²) in [5.74, 6) is 0.0488. The molecule has 2 heterocycles. The van der Waals surface area contributed by atoms with Crippen molar-refractivity contribution in [3.05, 3.63) is 24.3 Å². The van der Waals surface area contributed by atoms with E-state index in [2.05, 4.69) is 9.88 Å². The van der Waals surface area contributed by atoms with Crippen LogP contribution in [0.25, 0.3) is 10.2 Å². The molecule has 5 nitrogen and oxygen atoms in total. The Morgan fingerprint density at radius 3 is 2.88 bits per heavy atom. The smallest absolute Gasteiger partial charge is 0.242 e. The van der Waals surface area contributed by atoms with E-state index < -0.39 is 5.60 Å². The van der Waals surface area contributed by atoms with Gasteiger partial charge in [0.25, 0.3) is 0 Å². The zero-order chi connectivity index (χ0) is 17.3. The van der Waals surface area contributed by atoms with E-state index in [1.54, 1.807) is 16.2 Å². The molecular formula is C18H25N3O2S. The van der Waals surface area contributed by atoms with Crippen LogP contribution in [0, 0.1) is 0 Å². The molecule has 1 fully saturated rings. The summed E-state index contributed by atoms with van der Waals surface area (Å²) in [6, 6.07) is 7.98. The molecule has 1 amide bonds.